The fraction of sp³-hybridized carbons (Fsp3) is 0.174. The average molecular weight is 436 g/mol. The van der Waals surface area contributed by atoms with Crippen molar-refractivity contribution in [1.82, 2.24) is 14.5 Å². The van der Waals surface area contributed by atoms with Crippen LogP contribution in [0.3, 0.4) is 0 Å². The summed E-state index contributed by atoms with van der Waals surface area (Å²) in [6.45, 7) is 4.45. The molecule has 2 N–H and O–H groups in total. The first kappa shape index (κ1) is 20.7. The standard InChI is InChI=1S/C23H22ClN5O2/c1-14-20(28-23(30)27-18-8-6-17(24)7-9-18)12-21-22(25-14)29(15(2)26-21)13-16-4-10-19(31-3)11-5-16/h4-12H,13H2,1-3H3,(H2,27,28,30). The summed E-state index contributed by atoms with van der Waals surface area (Å²) in [6.07, 6.45) is 0. The number of imidazole rings is 1. The number of urea groups is 1. The molecule has 158 valence electrons. The van der Waals surface area contributed by atoms with Crippen LogP contribution in [0.1, 0.15) is 17.1 Å². The van der Waals surface area contributed by atoms with Gasteiger partial charge in [-0.1, -0.05) is 23.7 Å². The lowest BCUT2D eigenvalue weighted by Gasteiger charge is -2.11. The third kappa shape index (κ3) is 4.62. The Morgan fingerprint density at radius 3 is 2.42 bits per heavy atom. The van der Waals surface area contributed by atoms with Crippen LogP contribution in [0.5, 0.6) is 5.75 Å². The highest BCUT2D eigenvalue weighted by molar-refractivity contribution is 6.30. The number of aromatic nitrogens is 3. The molecule has 0 radical (unpaired) electrons. The van der Waals surface area contributed by atoms with Crippen molar-refractivity contribution in [2.75, 3.05) is 17.7 Å². The van der Waals surface area contributed by atoms with E-state index < -0.39 is 0 Å². The summed E-state index contributed by atoms with van der Waals surface area (Å²) in [5, 5.41) is 6.24. The van der Waals surface area contributed by atoms with Gasteiger partial charge in [0, 0.05) is 10.7 Å². The number of rotatable bonds is 5. The van der Waals surface area contributed by atoms with E-state index in [1.807, 2.05) is 44.2 Å². The van der Waals surface area contributed by atoms with Crippen LogP contribution >= 0.6 is 11.6 Å². The smallest absolute Gasteiger partial charge is 0.323 e. The van der Waals surface area contributed by atoms with Gasteiger partial charge in [0.05, 0.1) is 25.0 Å². The molecule has 8 heteroatoms. The fourth-order valence-corrected chi connectivity index (χ4v) is 3.42. The van der Waals surface area contributed by atoms with Crippen LogP contribution in [-0.2, 0) is 6.54 Å². The second-order valence-corrected chi connectivity index (χ2v) is 7.58. The molecule has 2 aromatic carbocycles. The molecular weight excluding hydrogens is 414 g/mol. The van der Waals surface area contributed by atoms with Crippen molar-refractivity contribution in [3.8, 4) is 5.75 Å². The number of ether oxygens (including phenoxy) is 1. The minimum absolute atomic E-state index is 0.360. The van der Waals surface area contributed by atoms with Crippen molar-refractivity contribution < 1.29 is 9.53 Å². The number of methoxy groups -OCH3 is 1. The largest absolute Gasteiger partial charge is 0.497 e. The molecule has 2 amide bonds. The third-order valence-corrected chi connectivity index (χ3v) is 5.20. The average Bonchev–Trinajstić information content (AvgIpc) is 3.04. The van der Waals surface area contributed by atoms with E-state index >= 15 is 0 Å². The lowest BCUT2D eigenvalue weighted by Crippen LogP contribution is -2.20. The summed E-state index contributed by atoms with van der Waals surface area (Å²) < 4.78 is 7.28. The van der Waals surface area contributed by atoms with Gasteiger partial charge in [0.15, 0.2) is 5.65 Å². The molecule has 0 bridgehead atoms. The van der Waals surface area contributed by atoms with Gasteiger partial charge in [-0.05, 0) is 61.9 Å². The van der Waals surface area contributed by atoms with E-state index in [0.717, 1.165) is 28.3 Å². The summed E-state index contributed by atoms with van der Waals surface area (Å²) in [6, 6.07) is 16.3. The molecule has 0 fully saturated rings. The monoisotopic (exact) mass is 435 g/mol. The van der Waals surface area contributed by atoms with Crippen molar-refractivity contribution in [2.24, 2.45) is 0 Å². The number of anilines is 2. The van der Waals surface area contributed by atoms with Gasteiger partial charge in [0.1, 0.15) is 17.1 Å². The van der Waals surface area contributed by atoms with Gasteiger partial charge in [-0.2, -0.15) is 0 Å². The molecular formula is C23H22ClN5O2. The first-order valence-corrected chi connectivity index (χ1v) is 10.1. The highest BCUT2D eigenvalue weighted by Crippen LogP contribution is 2.23. The lowest BCUT2D eigenvalue weighted by atomic mass is 10.2. The van der Waals surface area contributed by atoms with Gasteiger partial charge in [-0.25, -0.2) is 14.8 Å². The molecule has 0 saturated carbocycles. The first-order valence-electron chi connectivity index (χ1n) is 9.74. The molecule has 31 heavy (non-hydrogen) atoms. The topological polar surface area (TPSA) is 81.1 Å². The summed E-state index contributed by atoms with van der Waals surface area (Å²) in [7, 11) is 1.65. The predicted molar refractivity (Wildman–Crippen MR) is 123 cm³/mol. The number of hydrogen-bond donors (Lipinski definition) is 2. The Bertz CT molecular complexity index is 1230. The third-order valence-electron chi connectivity index (χ3n) is 4.95. The van der Waals surface area contributed by atoms with E-state index in [1.54, 1.807) is 31.4 Å². The van der Waals surface area contributed by atoms with E-state index in [4.69, 9.17) is 21.3 Å². The maximum absolute atomic E-state index is 12.4. The van der Waals surface area contributed by atoms with E-state index in [0.29, 0.717) is 28.6 Å². The molecule has 2 heterocycles. The molecule has 0 unspecified atom stereocenters. The molecule has 0 aliphatic heterocycles. The highest BCUT2D eigenvalue weighted by Gasteiger charge is 2.14. The van der Waals surface area contributed by atoms with E-state index in [9.17, 15) is 4.79 Å². The van der Waals surface area contributed by atoms with Crippen LogP contribution in [0.2, 0.25) is 5.02 Å². The summed E-state index contributed by atoms with van der Waals surface area (Å²) in [5.41, 5.74) is 4.57. The molecule has 0 aliphatic carbocycles. The maximum atomic E-state index is 12.4. The molecule has 4 rings (SSSR count). The number of pyridine rings is 1. The molecule has 4 aromatic rings. The number of carbonyl (C=O) groups is 1. The number of amides is 2. The summed E-state index contributed by atoms with van der Waals surface area (Å²) >= 11 is 5.88. The number of carbonyl (C=O) groups excluding carboxylic acids is 1. The first-order chi connectivity index (χ1) is 14.9. The second-order valence-electron chi connectivity index (χ2n) is 7.14. The Kier molecular flexibility index (Phi) is 5.77. The number of benzene rings is 2. The van der Waals surface area contributed by atoms with Crippen LogP contribution in [0.4, 0.5) is 16.2 Å². The number of fused-ring (bicyclic) bond motifs is 1. The molecule has 7 nitrogen and oxygen atoms in total. The molecule has 0 atom stereocenters. The van der Waals surface area contributed by atoms with Gasteiger partial charge < -0.3 is 19.9 Å². The van der Waals surface area contributed by atoms with Crippen molar-refractivity contribution in [3.63, 3.8) is 0 Å². The molecule has 2 aromatic heterocycles. The SMILES string of the molecule is COc1ccc(Cn2c(C)nc3cc(NC(=O)Nc4ccc(Cl)cc4)c(C)nc32)cc1. The number of nitrogens with one attached hydrogen (secondary N) is 2. The minimum atomic E-state index is -0.360. The quantitative estimate of drug-likeness (QED) is 0.439. The van der Waals surface area contributed by atoms with Crippen LogP contribution < -0.4 is 15.4 Å². The van der Waals surface area contributed by atoms with Gasteiger partial charge in [0.2, 0.25) is 0 Å². The summed E-state index contributed by atoms with van der Waals surface area (Å²) in [4.78, 5) is 21.8. The maximum Gasteiger partial charge on any atom is 0.323 e. The van der Waals surface area contributed by atoms with Crippen molar-refractivity contribution in [1.29, 1.82) is 0 Å². The Balaban J connectivity index is 1.55. The lowest BCUT2D eigenvalue weighted by molar-refractivity contribution is 0.262. The van der Waals surface area contributed by atoms with E-state index in [1.165, 1.54) is 0 Å². The predicted octanol–water partition coefficient (Wildman–Crippen LogP) is 5.40. The van der Waals surface area contributed by atoms with Gasteiger partial charge >= 0.3 is 6.03 Å². The van der Waals surface area contributed by atoms with E-state index in [-0.39, 0.29) is 6.03 Å². The number of aryl methyl sites for hydroxylation is 2. The zero-order valence-electron chi connectivity index (χ0n) is 17.4. The van der Waals surface area contributed by atoms with Crippen molar-refractivity contribution in [3.05, 3.63) is 76.7 Å². The van der Waals surface area contributed by atoms with Crippen LogP contribution in [-0.4, -0.2) is 27.7 Å². The minimum Gasteiger partial charge on any atom is -0.497 e. The number of halogens is 1. The highest BCUT2D eigenvalue weighted by atomic mass is 35.5. The Hall–Kier alpha value is -3.58. The molecule has 0 spiro atoms. The fourth-order valence-electron chi connectivity index (χ4n) is 3.30. The Labute approximate surface area is 185 Å². The van der Waals surface area contributed by atoms with Gasteiger partial charge in [0.25, 0.3) is 0 Å². The van der Waals surface area contributed by atoms with Gasteiger partial charge in [-0.15, -0.1) is 0 Å². The second kappa shape index (κ2) is 8.65. The van der Waals surface area contributed by atoms with Crippen LogP contribution in [0.15, 0.2) is 54.6 Å². The Morgan fingerprint density at radius 1 is 1.03 bits per heavy atom. The van der Waals surface area contributed by atoms with E-state index in [2.05, 4.69) is 20.2 Å². The van der Waals surface area contributed by atoms with Crippen molar-refractivity contribution in [2.45, 2.75) is 20.4 Å². The zero-order valence-corrected chi connectivity index (χ0v) is 18.2. The zero-order chi connectivity index (χ0) is 22.0. The van der Waals surface area contributed by atoms with Crippen molar-refractivity contribution >= 4 is 40.2 Å². The van der Waals surface area contributed by atoms with Crippen LogP contribution in [0.25, 0.3) is 11.2 Å². The molecule has 0 aliphatic rings. The Morgan fingerprint density at radius 2 is 1.74 bits per heavy atom. The normalized spacial score (nSPS) is 10.8. The summed E-state index contributed by atoms with van der Waals surface area (Å²) in [5.74, 6) is 1.66. The van der Waals surface area contributed by atoms with Gasteiger partial charge in [-0.3, -0.25) is 0 Å². The number of nitrogens with zero attached hydrogens (tertiary/aromatic N) is 3. The van der Waals surface area contributed by atoms with Crippen LogP contribution in [0, 0.1) is 13.8 Å². The molecule has 0 saturated heterocycles. The number of hydrogen-bond acceptors (Lipinski definition) is 4.